The van der Waals surface area contributed by atoms with Gasteiger partial charge in [-0.1, -0.05) is 0 Å². The highest BCUT2D eigenvalue weighted by Gasteiger charge is 2.31. The van der Waals surface area contributed by atoms with Gasteiger partial charge in [0.1, 0.15) is 6.10 Å². The van der Waals surface area contributed by atoms with E-state index < -0.39 is 0 Å². The Labute approximate surface area is 97.3 Å². The number of carbonyl (C=O) groups is 1. The molecule has 2 atom stereocenters. The fourth-order valence-corrected chi connectivity index (χ4v) is 2.70. The standard InChI is InChI=1S/C12H22N2O2/c1-13-8-10-4-2-6-14(9-10)12(15)11-5-3-7-16-11/h10-11,13H,2-9H2,1H3/t10?,11-/m1/s1. The molecule has 0 aromatic heterocycles. The van der Waals surface area contributed by atoms with E-state index >= 15 is 0 Å². The zero-order chi connectivity index (χ0) is 11.4. The van der Waals surface area contributed by atoms with Gasteiger partial charge in [0.05, 0.1) is 0 Å². The van der Waals surface area contributed by atoms with Crippen molar-refractivity contribution in [2.24, 2.45) is 5.92 Å². The van der Waals surface area contributed by atoms with Crippen LogP contribution in [0.2, 0.25) is 0 Å². The first-order valence-corrected chi connectivity index (χ1v) is 6.36. The van der Waals surface area contributed by atoms with Gasteiger partial charge >= 0.3 is 0 Å². The van der Waals surface area contributed by atoms with Crippen molar-refractivity contribution in [2.75, 3.05) is 33.3 Å². The zero-order valence-corrected chi connectivity index (χ0v) is 10.1. The van der Waals surface area contributed by atoms with E-state index in [-0.39, 0.29) is 12.0 Å². The van der Waals surface area contributed by atoms with Crippen molar-refractivity contribution in [3.8, 4) is 0 Å². The Morgan fingerprint density at radius 3 is 3.00 bits per heavy atom. The number of nitrogens with one attached hydrogen (secondary N) is 1. The van der Waals surface area contributed by atoms with Gasteiger partial charge in [-0.3, -0.25) is 4.79 Å². The van der Waals surface area contributed by atoms with Crippen LogP contribution in [0.3, 0.4) is 0 Å². The summed E-state index contributed by atoms with van der Waals surface area (Å²) in [4.78, 5) is 14.1. The van der Waals surface area contributed by atoms with Crippen molar-refractivity contribution >= 4 is 5.91 Å². The van der Waals surface area contributed by atoms with Crippen LogP contribution in [0.15, 0.2) is 0 Å². The first kappa shape index (κ1) is 11.9. The van der Waals surface area contributed by atoms with E-state index in [1.165, 1.54) is 6.42 Å². The van der Waals surface area contributed by atoms with Gasteiger partial charge in [-0.25, -0.2) is 0 Å². The van der Waals surface area contributed by atoms with E-state index in [9.17, 15) is 4.79 Å². The van der Waals surface area contributed by atoms with Gasteiger partial charge in [0.2, 0.25) is 0 Å². The number of hydrogen-bond acceptors (Lipinski definition) is 3. The average Bonchev–Trinajstić information content (AvgIpc) is 2.82. The van der Waals surface area contributed by atoms with E-state index in [4.69, 9.17) is 4.74 Å². The molecule has 4 heteroatoms. The Kier molecular flexibility index (Phi) is 4.18. The second-order valence-electron chi connectivity index (χ2n) is 4.85. The van der Waals surface area contributed by atoms with E-state index in [1.807, 2.05) is 11.9 Å². The van der Waals surface area contributed by atoms with E-state index in [0.717, 1.165) is 45.5 Å². The Morgan fingerprint density at radius 1 is 1.44 bits per heavy atom. The third kappa shape index (κ3) is 2.74. The number of ether oxygens (including phenoxy) is 1. The molecule has 2 heterocycles. The van der Waals surface area contributed by atoms with Crippen LogP contribution in [0.25, 0.3) is 0 Å². The van der Waals surface area contributed by atoms with Crippen molar-refractivity contribution in [2.45, 2.75) is 31.8 Å². The van der Waals surface area contributed by atoms with Crippen LogP contribution in [0, 0.1) is 5.92 Å². The fourth-order valence-electron chi connectivity index (χ4n) is 2.70. The maximum absolute atomic E-state index is 12.1. The molecule has 1 amide bonds. The summed E-state index contributed by atoms with van der Waals surface area (Å²) >= 11 is 0. The van der Waals surface area contributed by atoms with Gasteiger partial charge in [-0.2, -0.15) is 0 Å². The Bertz CT molecular complexity index is 237. The van der Waals surface area contributed by atoms with Gasteiger partial charge in [-0.05, 0) is 45.2 Å². The third-order valence-electron chi connectivity index (χ3n) is 3.53. The molecule has 0 saturated carbocycles. The van der Waals surface area contributed by atoms with Crippen LogP contribution < -0.4 is 5.32 Å². The smallest absolute Gasteiger partial charge is 0.251 e. The first-order chi connectivity index (χ1) is 7.81. The number of nitrogens with zero attached hydrogens (tertiary/aromatic N) is 1. The van der Waals surface area contributed by atoms with E-state index in [1.54, 1.807) is 0 Å². The molecule has 2 fully saturated rings. The van der Waals surface area contributed by atoms with Gasteiger partial charge in [0, 0.05) is 19.7 Å². The lowest BCUT2D eigenvalue weighted by molar-refractivity contribution is -0.142. The third-order valence-corrected chi connectivity index (χ3v) is 3.53. The lowest BCUT2D eigenvalue weighted by atomic mass is 9.97. The molecule has 0 aromatic carbocycles. The lowest BCUT2D eigenvalue weighted by Gasteiger charge is -2.34. The maximum atomic E-state index is 12.1. The molecule has 1 N–H and O–H groups in total. The number of piperidine rings is 1. The van der Waals surface area contributed by atoms with Crippen molar-refractivity contribution in [1.29, 1.82) is 0 Å². The predicted octanol–water partition coefficient (Wildman–Crippen LogP) is 0.623. The van der Waals surface area contributed by atoms with Crippen molar-refractivity contribution < 1.29 is 9.53 Å². The Balaban J connectivity index is 1.85. The van der Waals surface area contributed by atoms with Crippen molar-refractivity contribution in [3.05, 3.63) is 0 Å². The number of rotatable bonds is 3. The molecule has 2 aliphatic rings. The molecular weight excluding hydrogens is 204 g/mol. The number of amides is 1. The SMILES string of the molecule is CNCC1CCCN(C(=O)[C@H]2CCCO2)C1. The minimum atomic E-state index is -0.145. The summed E-state index contributed by atoms with van der Waals surface area (Å²) in [7, 11) is 1.97. The zero-order valence-electron chi connectivity index (χ0n) is 10.1. The summed E-state index contributed by atoms with van der Waals surface area (Å²) in [6, 6.07) is 0. The summed E-state index contributed by atoms with van der Waals surface area (Å²) in [5.74, 6) is 0.836. The first-order valence-electron chi connectivity index (χ1n) is 6.36. The normalized spacial score (nSPS) is 30.7. The molecule has 0 bridgehead atoms. The largest absolute Gasteiger partial charge is 0.368 e. The second-order valence-corrected chi connectivity index (χ2v) is 4.85. The average molecular weight is 226 g/mol. The Morgan fingerprint density at radius 2 is 2.31 bits per heavy atom. The Hall–Kier alpha value is -0.610. The van der Waals surface area contributed by atoms with Crippen LogP contribution >= 0.6 is 0 Å². The van der Waals surface area contributed by atoms with E-state index in [2.05, 4.69) is 5.32 Å². The highest BCUT2D eigenvalue weighted by atomic mass is 16.5. The summed E-state index contributed by atoms with van der Waals surface area (Å²) in [5.41, 5.74) is 0. The molecule has 0 aliphatic carbocycles. The molecule has 0 radical (unpaired) electrons. The summed E-state index contributed by atoms with van der Waals surface area (Å²) in [6.45, 7) is 3.58. The molecule has 4 nitrogen and oxygen atoms in total. The van der Waals surface area contributed by atoms with Crippen LogP contribution in [0.5, 0.6) is 0 Å². The number of likely N-dealkylation sites (tertiary alicyclic amines) is 1. The summed E-state index contributed by atoms with van der Waals surface area (Å²) in [6.07, 6.45) is 4.16. The van der Waals surface area contributed by atoms with Gasteiger partial charge in [-0.15, -0.1) is 0 Å². The quantitative estimate of drug-likeness (QED) is 0.767. The molecule has 2 aliphatic heterocycles. The van der Waals surface area contributed by atoms with Crippen LogP contribution in [0.1, 0.15) is 25.7 Å². The van der Waals surface area contributed by atoms with Gasteiger partial charge in [0.25, 0.3) is 5.91 Å². The molecule has 92 valence electrons. The minimum Gasteiger partial charge on any atom is -0.368 e. The topological polar surface area (TPSA) is 41.6 Å². The number of carbonyl (C=O) groups excluding carboxylic acids is 1. The van der Waals surface area contributed by atoms with Crippen LogP contribution in [-0.2, 0) is 9.53 Å². The summed E-state index contributed by atoms with van der Waals surface area (Å²) < 4.78 is 5.46. The number of hydrogen-bond donors (Lipinski definition) is 1. The van der Waals surface area contributed by atoms with Gasteiger partial charge in [0.15, 0.2) is 0 Å². The van der Waals surface area contributed by atoms with E-state index in [0.29, 0.717) is 5.92 Å². The van der Waals surface area contributed by atoms with Crippen LogP contribution in [0.4, 0.5) is 0 Å². The molecule has 16 heavy (non-hydrogen) atoms. The molecule has 2 rings (SSSR count). The molecular formula is C12H22N2O2. The lowest BCUT2D eigenvalue weighted by Crippen LogP contribution is -2.46. The molecule has 2 saturated heterocycles. The predicted molar refractivity (Wildman–Crippen MR) is 62.2 cm³/mol. The van der Waals surface area contributed by atoms with Crippen LogP contribution in [-0.4, -0.2) is 50.2 Å². The highest BCUT2D eigenvalue weighted by Crippen LogP contribution is 2.20. The second kappa shape index (κ2) is 5.64. The summed E-state index contributed by atoms with van der Waals surface area (Å²) in [5, 5.41) is 3.20. The molecule has 0 spiro atoms. The highest BCUT2D eigenvalue weighted by molar-refractivity contribution is 5.81. The molecule has 0 aromatic rings. The van der Waals surface area contributed by atoms with Crippen molar-refractivity contribution in [3.63, 3.8) is 0 Å². The molecule has 1 unspecified atom stereocenters. The maximum Gasteiger partial charge on any atom is 0.251 e. The van der Waals surface area contributed by atoms with Crippen molar-refractivity contribution in [1.82, 2.24) is 10.2 Å². The van der Waals surface area contributed by atoms with Gasteiger partial charge < -0.3 is 15.0 Å². The fraction of sp³-hybridized carbons (Fsp3) is 0.917. The minimum absolute atomic E-state index is 0.145. The monoisotopic (exact) mass is 226 g/mol.